The fourth-order valence-electron chi connectivity index (χ4n) is 2.12. The Morgan fingerprint density at radius 2 is 1.82 bits per heavy atom. The van der Waals surface area contributed by atoms with Crippen molar-refractivity contribution in [3.05, 3.63) is 29.6 Å². The first-order valence-electron chi connectivity index (χ1n) is 6.99. The zero-order chi connectivity index (χ0) is 17.1. The van der Waals surface area contributed by atoms with E-state index in [-0.39, 0.29) is 17.5 Å². The van der Waals surface area contributed by atoms with Gasteiger partial charge in [-0.2, -0.15) is 0 Å². The second-order valence-corrected chi connectivity index (χ2v) is 6.68. The molecule has 1 aromatic rings. The summed E-state index contributed by atoms with van der Waals surface area (Å²) in [6.45, 7) is 5.59. The molecule has 0 radical (unpaired) electrons. The van der Waals surface area contributed by atoms with Crippen LogP contribution in [0.25, 0.3) is 0 Å². The summed E-state index contributed by atoms with van der Waals surface area (Å²) < 4.78 is 14.0. The Morgan fingerprint density at radius 3 is 2.23 bits per heavy atom. The molecule has 0 saturated heterocycles. The molecule has 0 atom stereocenters. The number of carboxylic acids is 1. The van der Waals surface area contributed by atoms with E-state index >= 15 is 0 Å². The third kappa shape index (κ3) is 5.02. The first-order chi connectivity index (χ1) is 10.0. The van der Waals surface area contributed by atoms with Crippen molar-refractivity contribution in [1.29, 1.82) is 0 Å². The van der Waals surface area contributed by atoms with Crippen molar-refractivity contribution in [1.82, 2.24) is 4.90 Å². The molecule has 0 aliphatic heterocycles. The van der Waals surface area contributed by atoms with Crippen molar-refractivity contribution < 1.29 is 19.1 Å². The van der Waals surface area contributed by atoms with Gasteiger partial charge in [-0.1, -0.05) is 20.8 Å². The highest BCUT2D eigenvalue weighted by Crippen LogP contribution is 2.21. The average molecular weight is 310 g/mol. The van der Waals surface area contributed by atoms with Gasteiger partial charge in [0.15, 0.2) is 0 Å². The van der Waals surface area contributed by atoms with Gasteiger partial charge in [0.2, 0.25) is 0 Å². The molecule has 122 valence electrons. The lowest BCUT2D eigenvalue weighted by molar-refractivity contribution is -0.138. The molecule has 6 heteroatoms. The summed E-state index contributed by atoms with van der Waals surface area (Å²) in [5.41, 5.74) is 0.263. The van der Waals surface area contributed by atoms with Gasteiger partial charge in [-0.25, -0.2) is 4.39 Å². The fraction of sp³-hybridized carbons (Fsp3) is 0.500. The van der Waals surface area contributed by atoms with Gasteiger partial charge in [0.25, 0.3) is 5.91 Å². The molecule has 0 saturated carbocycles. The predicted octanol–water partition coefficient (Wildman–Crippen LogP) is 2.46. The smallest absolute Gasteiger partial charge is 0.323 e. The second kappa shape index (κ2) is 6.77. The van der Waals surface area contributed by atoms with E-state index in [0.717, 1.165) is 6.07 Å². The van der Waals surface area contributed by atoms with Crippen LogP contribution >= 0.6 is 0 Å². The number of anilines is 1. The largest absolute Gasteiger partial charge is 0.480 e. The van der Waals surface area contributed by atoms with Gasteiger partial charge < -0.3 is 14.9 Å². The molecule has 0 fully saturated rings. The van der Waals surface area contributed by atoms with Crippen molar-refractivity contribution >= 4 is 17.6 Å². The van der Waals surface area contributed by atoms with Crippen LogP contribution in [0.5, 0.6) is 0 Å². The minimum atomic E-state index is -1.09. The Morgan fingerprint density at radius 1 is 1.23 bits per heavy atom. The normalized spacial score (nSPS) is 11.2. The fourth-order valence-corrected chi connectivity index (χ4v) is 2.12. The van der Waals surface area contributed by atoms with Crippen molar-refractivity contribution in [2.75, 3.05) is 32.1 Å². The second-order valence-electron chi connectivity index (χ2n) is 6.68. The van der Waals surface area contributed by atoms with Crippen LogP contribution < -0.4 is 4.90 Å². The van der Waals surface area contributed by atoms with Crippen LogP contribution in [0, 0.1) is 11.2 Å². The van der Waals surface area contributed by atoms with E-state index in [1.165, 1.54) is 17.0 Å². The maximum absolute atomic E-state index is 14.0. The molecule has 1 aromatic carbocycles. The highest BCUT2D eigenvalue weighted by molar-refractivity contribution is 5.96. The summed E-state index contributed by atoms with van der Waals surface area (Å²) in [4.78, 5) is 26.3. The number of halogens is 1. The van der Waals surface area contributed by atoms with E-state index in [1.54, 1.807) is 19.0 Å². The molecule has 0 unspecified atom stereocenters. The molecule has 0 spiro atoms. The molecule has 0 aliphatic carbocycles. The molecule has 0 aromatic heterocycles. The van der Waals surface area contributed by atoms with Crippen LogP contribution in [0.2, 0.25) is 0 Å². The van der Waals surface area contributed by atoms with Crippen molar-refractivity contribution in [3.8, 4) is 0 Å². The van der Waals surface area contributed by atoms with Crippen LogP contribution in [-0.2, 0) is 4.79 Å². The number of hydrogen-bond donors (Lipinski definition) is 1. The van der Waals surface area contributed by atoms with Crippen molar-refractivity contribution in [2.45, 2.75) is 20.8 Å². The van der Waals surface area contributed by atoms with E-state index in [4.69, 9.17) is 5.11 Å². The number of nitrogens with zero attached hydrogens (tertiary/aromatic N) is 2. The summed E-state index contributed by atoms with van der Waals surface area (Å²) in [5, 5.41) is 8.97. The van der Waals surface area contributed by atoms with Gasteiger partial charge in [-0.3, -0.25) is 9.59 Å². The quantitative estimate of drug-likeness (QED) is 0.907. The van der Waals surface area contributed by atoms with Crippen LogP contribution in [-0.4, -0.2) is 49.1 Å². The predicted molar refractivity (Wildman–Crippen MR) is 83.7 cm³/mol. The number of amides is 1. The molecule has 1 amide bonds. The number of hydrogen-bond acceptors (Lipinski definition) is 3. The third-order valence-corrected chi connectivity index (χ3v) is 2.95. The van der Waals surface area contributed by atoms with Gasteiger partial charge in [0.05, 0.1) is 5.69 Å². The molecular weight excluding hydrogens is 287 g/mol. The van der Waals surface area contributed by atoms with Crippen LogP contribution in [0.15, 0.2) is 18.2 Å². The van der Waals surface area contributed by atoms with Gasteiger partial charge in [0, 0.05) is 26.2 Å². The molecule has 1 rings (SSSR count). The van der Waals surface area contributed by atoms with Gasteiger partial charge in [-0.15, -0.1) is 0 Å². The minimum absolute atomic E-state index is 0.147. The number of benzene rings is 1. The summed E-state index contributed by atoms with van der Waals surface area (Å²) >= 11 is 0. The van der Waals surface area contributed by atoms with Gasteiger partial charge in [-0.05, 0) is 23.6 Å². The van der Waals surface area contributed by atoms with E-state index in [0.29, 0.717) is 5.69 Å². The number of rotatable bonds is 5. The number of carbonyl (C=O) groups is 2. The lowest BCUT2D eigenvalue weighted by Crippen LogP contribution is -2.41. The van der Waals surface area contributed by atoms with Crippen LogP contribution in [0.1, 0.15) is 31.1 Å². The zero-order valence-electron chi connectivity index (χ0n) is 13.7. The standard InChI is InChI=1S/C16H23FN2O3/c1-16(2,3)10-19(9-14(20)21)15(22)11-6-7-13(18(4)5)12(17)8-11/h6-8H,9-10H2,1-5H3,(H,20,21). The highest BCUT2D eigenvalue weighted by Gasteiger charge is 2.24. The number of carbonyl (C=O) groups excluding carboxylic acids is 1. The third-order valence-electron chi connectivity index (χ3n) is 2.95. The average Bonchev–Trinajstić information content (AvgIpc) is 2.34. The van der Waals surface area contributed by atoms with E-state index < -0.39 is 24.2 Å². The number of aliphatic carboxylic acids is 1. The topological polar surface area (TPSA) is 60.9 Å². The Kier molecular flexibility index (Phi) is 5.52. The summed E-state index contributed by atoms with van der Waals surface area (Å²) in [6.07, 6.45) is 0. The van der Waals surface area contributed by atoms with Crippen molar-refractivity contribution in [2.24, 2.45) is 5.41 Å². The van der Waals surface area contributed by atoms with Crippen molar-refractivity contribution in [3.63, 3.8) is 0 Å². The number of carboxylic acid groups (broad SMARTS) is 1. The Hall–Kier alpha value is -2.11. The molecule has 22 heavy (non-hydrogen) atoms. The minimum Gasteiger partial charge on any atom is -0.480 e. The molecule has 0 heterocycles. The first-order valence-corrected chi connectivity index (χ1v) is 6.99. The van der Waals surface area contributed by atoms with E-state index in [1.807, 2.05) is 20.8 Å². The maximum atomic E-state index is 14.0. The van der Waals surface area contributed by atoms with E-state index in [9.17, 15) is 14.0 Å². The van der Waals surface area contributed by atoms with E-state index in [2.05, 4.69) is 0 Å². The summed E-state index contributed by atoms with van der Waals surface area (Å²) in [7, 11) is 3.41. The van der Waals surface area contributed by atoms with Gasteiger partial charge in [0.1, 0.15) is 12.4 Å². The lowest BCUT2D eigenvalue weighted by atomic mass is 9.95. The molecule has 5 nitrogen and oxygen atoms in total. The molecular formula is C16H23FN2O3. The lowest BCUT2D eigenvalue weighted by Gasteiger charge is -2.29. The van der Waals surface area contributed by atoms with Crippen LogP contribution in [0.3, 0.4) is 0 Å². The highest BCUT2D eigenvalue weighted by atomic mass is 19.1. The molecule has 1 N–H and O–H groups in total. The summed E-state index contributed by atoms with van der Waals surface area (Å²) in [5.74, 6) is -2.09. The maximum Gasteiger partial charge on any atom is 0.323 e. The SMILES string of the molecule is CN(C)c1ccc(C(=O)N(CC(=O)O)CC(C)(C)C)cc1F. The van der Waals surface area contributed by atoms with Crippen LogP contribution in [0.4, 0.5) is 10.1 Å². The Labute approximate surface area is 130 Å². The summed E-state index contributed by atoms with van der Waals surface area (Å²) in [6, 6.07) is 4.17. The Bertz CT molecular complexity index is 565. The zero-order valence-corrected chi connectivity index (χ0v) is 13.7. The van der Waals surface area contributed by atoms with Gasteiger partial charge >= 0.3 is 5.97 Å². The Balaban J connectivity index is 3.08. The molecule has 0 bridgehead atoms. The molecule has 0 aliphatic rings. The monoisotopic (exact) mass is 310 g/mol. The first kappa shape index (κ1) is 17.9.